The first-order valence-electron chi connectivity index (χ1n) is 8.20. The van der Waals surface area contributed by atoms with Gasteiger partial charge in [-0.3, -0.25) is 14.9 Å². The SMILES string of the molecule is CCOc1cc(OCC)c([N+](=O)[O-])cc1C(=O)C1CCCCC1. The Morgan fingerprint density at radius 2 is 1.74 bits per heavy atom. The summed E-state index contributed by atoms with van der Waals surface area (Å²) in [5.41, 5.74) is 0.114. The summed E-state index contributed by atoms with van der Waals surface area (Å²) >= 11 is 0. The predicted molar refractivity (Wildman–Crippen MR) is 86.3 cm³/mol. The van der Waals surface area contributed by atoms with Gasteiger partial charge in [0.1, 0.15) is 5.75 Å². The lowest BCUT2D eigenvalue weighted by atomic mass is 9.83. The highest BCUT2D eigenvalue weighted by Crippen LogP contribution is 2.37. The molecular weight excluding hydrogens is 298 g/mol. The number of nitro benzene ring substituents is 1. The lowest BCUT2D eigenvalue weighted by molar-refractivity contribution is -0.385. The Bertz CT molecular complexity index is 579. The van der Waals surface area contributed by atoms with Crippen molar-refractivity contribution in [3.05, 3.63) is 27.8 Å². The quantitative estimate of drug-likeness (QED) is 0.428. The lowest BCUT2D eigenvalue weighted by Crippen LogP contribution is -2.19. The number of nitro groups is 1. The van der Waals surface area contributed by atoms with E-state index < -0.39 is 4.92 Å². The first-order valence-corrected chi connectivity index (χ1v) is 8.20. The molecule has 0 amide bonds. The van der Waals surface area contributed by atoms with E-state index in [9.17, 15) is 14.9 Å². The molecule has 126 valence electrons. The molecule has 1 aliphatic carbocycles. The van der Waals surface area contributed by atoms with Crippen LogP contribution in [0.3, 0.4) is 0 Å². The second-order valence-electron chi connectivity index (χ2n) is 5.64. The molecule has 6 heteroatoms. The maximum atomic E-state index is 12.8. The average Bonchev–Trinajstić information content (AvgIpc) is 2.55. The molecule has 1 aromatic rings. The first-order chi connectivity index (χ1) is 11.1. The van der Waals surface area contributed by atoms with Gasteiger partial charge in [0.2, 0.25) is 5.75 Å². The van der Waals surface area contributed by atoms with Crippen LogP contribution in [0.4, 0.5) is 5.69 Å². The van der Waals surface area contributed by atoms with E-state index in [0.29, 0.717) is 24.5 Å². The van der Waals surface area contributed by atoms with Crippen LogP contribution in [0.2, 0.25) is 0 Å². The Balaban J connectivity index is 2.44. The molecular formula is C17H23NO5. The summed E-state index contributed by atoms with van der Waals surface area (Å²) in [6.07, 6.45) is 4.88. The van der Waals surface area contributed by atoms with Crippen LogP contribution in [-0.4, -0.2) is 23.9 Å². The monoisotopic (exact) mass is 321 g/mol. The number of benzene rings is 1. The van der Waals surface area contributed by atoms with E-state index in [2.05, 4.69) is 0 Å². The molecule has 1 aromatic carbocycles. The summed E-state index contributed by atoms with van der Waals surface area (Å²) in [5.74, 6) is 0.387. The van der Waals surface area contributed by atoms with Gasteiger partial charge in [-0.15, -0.1) is 0 Å². The highest BCUT2D eigenvalue weighted by atomic mass is 16.6. The van der Waals surface area contributed by atoms with E-state index in [1.165, 1.54) is 12.1 Å². The summed E-state index contributed by atoms with van der Waals surface area (Å²) in [5, 5.41) is 11.3. The largest absolute Gasteiger partial charge is 0.493 e. The van der Waals surface area contributed by atoms with Crippen molar-refractivity contribution in [1.29, 1.82) is 0 Å². The van der Waals surface area contributed by atoms with Gasteiger partial charge < -0.3 is 9.47 Å². The van der Waals surface area contributed by atoms with Gasteiger partial charge >= 0.3 is 5.69 Å². The van der Waals surface area contributed by atoms with Gasteiger partial charge in [-0.05, 0) is 26.7 Å². The minimum absolute atomic E-state index is 0.0562. The number of ether oxygens (including phenoxy) is 2. The molecule has 0 atom stereocenters. The number of nitrogens with zero attached hydrogens (tertiary/aromatic N) is 1. The molecule has 1 saturated carbocycles. The van der Waals surface area contributed by atoms with Crippen LogP contribution in [0, 0.1) is 16.0 Å². The van der Waals surface area contributed by atoms with Gasteiger partial charge in [0.25, 0.3) is 0 Å². The van der Waals surface area contributed by atoms with Gasteiger partial charge in [-0.1, -0.05) is 19.3 Å². The molecule has 0 aromatic heterocycles. The summed E-state index contributed by atoms with van der Waals surface area (Å²) < 4.78 is 10.9. The van der Waals surface area contributed by atoms with Crippen LogP contribution in [0.15, 0.2) is 12.1 Å². The van der Waals surface area contributed by atoms with E-state index >= 15 is 0 Å². The van der Waals surface area contributed by atoms with Crippen LogP contribution in [0.5, 0.6) is 11.5 Å². The molecule has 0 radical (unpaired) electrons. The number of hydrogen-bond acceptors (Lipinski definition) is 5. The number of ketones is 1. The van der Waals surface area contributed by atoms with Crippen molar-refractivity contribution >= 4 is 11.5 Å². The molecule has 23 heavy (non-hydrogen) atoms. The minimum Gasteiger partial charge on any atom is -0.493 e. The summed E-state index contributed by atoms with van der Waals surface area (Å²) in [7, 11) is 0. The van der Waals surface area contributed by atoms with Crippen LogP contribution >= 0.6 is 0 Å². The van der Waals surface area contributed by atoms with Crippen LogP contribution < -0.4 is 9.47 Å². The van der Waals surface area contributed by atoms with Gasteiger partial charge in [-0.25, -0.2) is 0 Å². The number of Topliss-reactive ketones (excluding diaryl/α,β-unsaturated/α-hetero) is 1. The number of carbonyl (C=O) groups is 1. The van der Waals surface area contributed by atoms with Crippen molar-refractivity contribution in [1.82, 2.24) is 0 Å². The molecule has 0 heterocycles. The Hall–Kier alpha value is -2.11. The zero-order chi connectivity index (χ0) is 16.8. The first kappa shape index (κ1) is 17.2. The zero-order valence-corrected chi connectivity index (χ0v) is 13.7. The van der Waals surface area contributed by atoms with Crippen molar-refractivity contribution in [3.8, 4) is 11.5 Å². The second-order valence-corrected chi connectivity index (χ2v) is 5.64. The summed E-state index contributed by atoms with van der Waals surface area (Å²) in [6, 6.07) is 2.79. The Morgan fingerprint density at radius 3 is 2.30 bits per heavy atom. The van der Waals surface area contributed by atoms with Crippen molar-refractivity contribution < 1.29 is 19.2 Å². The zero-order valence-electron chi connectivity index (χ0n) is 13.7. The fourth-order valence-corrected chi connectivity index (χ4v) is 3.02. The molecule has 0 aliphatic heterocycles. The molecule has 0 spiro atoms. The third kappa shape index (κ3) is 4.00. The van der Waals surface area contributed by atoms with Gasteiger partial charge in [0.05, 0.1) is 23.7 Å². The molecule has 2 rings (SSSR count). The topological polar surface area (TPSA) is 78.7 Å². The maximum absolute atomic E-state index is 12.8. The smallest absolute Gasteiger partial charge is 0.311 e. The second kappa shape index (κ2) is 7.94. The highest BCUT2D eigenvalue weighted by molar-refractivity contribution is 6.01. The summed E-state index contributed by atoms with van der Waals surface area (Å²) in [4.78, 5) is 23.6. The normalized spacial score (nSPS) is 15.2. The van der Waals surface area contributed by atoms with Crippen LogP contribution in [-0.2, 0) is 0 Å². The fraction of sp³-hybridized carbons (Fsp3) is 0.588. The molecule has 6 nitrogen and oxygen atoms in total. The molecule has 0 N–H and O–H groups in total. The van der Waals surface area contributed by atoms with E-state index in [0.717, 1.165) is 32.1 Å². The molecule has 0 unspecified atom stereocenters. The average molecular weight is 321 g/mol. The van der Waals surface area contributed by atoms with Crippen LogP contribution in [0.25, 0.3) is 0 Å². The molecule has 0 bridgehead atoms. The van der Waals surface area contributed by atoms with E-state index in [1.54, 1.807) is 6.92 Å². The van der Waals surface area contributed by atoms with Crippen molar-refractivity contribution in [2.24, 2.45) is 5.92 Å². The van der Waals surface area contributed by atoms with Gasteiger partial charge in [-0.2, -0.15) is 0 Å². The predicted octanol–water partition coefficient (Wildman–Crippen LogP) is 4.16. The Morgan fingerprint density at radius 1 is 1.13 bits per heavy atom. The van der Waals surface area contributed by atoms with Crippen molar-refractivity contribution in [2.45, 2.75) is 46.0 Å². The van der Waals surface area contributed by atoms with E-state index in [1.807, 2.05) is 6.92 Å². The van der Waals surface area contributed by atoms with E-state index in [-0.39, 0.29) is 23.1 Å². The van der Waals surface area contributed by atoms with E-state index in [4.69, 9.17) is 9.47 Å². The number of rotatable bonds is 7. The third-order valence-electron chi connectivity index (χ3n) is 4.10. The van der Waals surface area contributed by atoms with Crippen molar-refractivity contribution in [2.75, 3.05) is 13.2 Å². The Labute approximate surface area is 135 Å². The van der Waals surface area contributed by atoms with Gasteiger partial charge in [0, 0.05) is 18.1 Å². The number of carbonyl (C=O) groups excluding carboxylic acids is 1. The number of hydrogen-bond donors (Lipinski definition) is 0. The van der Waals surface area contributed by atoms with Crippen molar-refractivity contribution in [3.63, 3.8) is 0 Å². The Kier molecular flexibility index (Phi) is 5.96. The maximum Gasteiger partial charge on any atom is 0.311 e. The fourth-order valence-electron chi connectivity index (χ4n) is 3.02. The molecule has 1 aliphatic rings. The molecule has 1 fully saturated rings. The third-order valence-corrected chi connectivity index (χ3v) is 4.10. The summed E-state index contributed by atoms with van der Waals surface area (Å²) in [6.45, 7) is 4.26. The lowest BCUT2D eigenvalue weighted by Gasteiger charge is -2.21. The van der Waals surface area contributed by atoms with Crippen LogP contribution in [0.1, 0.15) is 56.3 Å². The highest BCUT2D eigenvalue weighted by Gasteiger charge is 2.29. The standard InChI is InChI=1S/C17H23NO5/c1-3-22-15-11-16(23-4-2)14(18(20)21)10-13(15)17(19)12-8-6-5-7-9-12/h10-12H,3-9H2,1-2H3. The minimum atomic E-state index is -0.516. The van der Waals surface area contributed by atoms with Gasteiger partial charge in [0.15, 0.2) is 5.78 Å². The molecule has 0 saturated heterocycles.